The summed E-state index contributed by atoms with van der Waals surface area (Å²) in [7, 11) is -1.96. The van der Waals surface area contributed by atoms with Gasteiger partial charge >= 0.3 is 0 Å². The predicted molar refractivity (Wildman–Crippen MR) is 182 cm³/mol. The van der Waals surface area contributed by atoms with Crippen molar-refractivity contribution in [1.82, 2.24) is 15.0 Å². The minimum absolute atomic E-state index is 0.112. The van der Waals surface area contributed by atoms with Gasteiger partial charge in [-0.05, 0) is 87.5 Å². The van der Waals surface area contributed by atoms with E-state index in [2.05, 4.69) is 68.5 Å². The van der Waals surface area contributed by atoms with E-state index in [0.717, 1.165) is 46.6 Å². The Morgan fingerprint density at radius 1 is 1.16 bits per heavy atom. The van der Waals surface area contributed by atoms with Gasteiger partial charge in [-0.25, -0.2) is 15.0 Å². The Labute approximate surface area is 269 Å². The molecule has 1 atom stereocenters. The van der Waals surface area contributed by atoms with Crippen molar-refractivity contribution in [2.75, 3.05) is 30.4 Å². The molecule has 3 aromatic rings. The van der Waals surface area contributed by atoms with Gasteiger partial charge in [-0.15, -0.1) is 0 Å². The first-order valence-electron chi connectivity index (χ1n) is 16.2. The largest absolute Gasteiger partial charge is 0.473 e. The highest BCUT2D eigenvalue weighted by molar-refractivity contribution is 6.74. The van der Waals surface area contributed by atoms with Gasteiger partial charge in [0.2, 0.25) is 11.8 Å². The van der Waals surface area contributed by atoms with Crippen molar-refractivity contribution >= 4 is 25.6 Å². The third kappa shape index (κ3) is 7.16. The average molecular weight is 629 g/mol. The summed E-state index contributed by atoms with van der Waals surface area (Å²) >= 11 is 0. The molecule has 5 rings (SSSR count). The molecule has 0 radical (unpaired) electrons. The summed E-state index contributed by atoms with van der Waals surface area (Å²) in [6, 6.07) is 10.4. The number of aryl methyl sites for hydroxylation is 1. The molecular formula is C35H48N6O3Si. The van der Waals surface area contributed by atoms with Crippen LogP contribution in [0.4, 0.5) is 17.3 Å². The van der Waals surface area contributed by atoms with Crippen LogP contribution in [0, 0.1) is 18.3 Å². The summed E-state index contributed by atoms with van der Waals surface area (Å²) in [6.07, 6.45) is 6.29. The van der Waals surface area contributed by atoms with Crippen LogP contribution in [-0.4, -0.2) is 49.1 Å². The third-order valence-electron chi connectivity index (χ3n) is 9.65. The molecule has 45 heavy (non-hydrogen) atoms. The molecule has 2 aliphatic rings. The second-order valence-electron chi connectivity index (χ2n) is 14.2. The second kappa shape index (κ2) is 13.1. The lowest BCUT2D eigenvalue weighted by molar-refractivity contribution is 0.133. The Morgan fingerprint density at radius 3 is 2.60 bits per heavy atom. The number of benzene rings is 1. The van der Waals surface area contributed by atoms with Gasteiger partial charge in [-0.1, -0.05) is 27.7 Å². The predicted octanol–water partition coefficient (Wildman–Crippen LogP) is 8.03. The van der Waals surface area contributed by atoms with Crippen LogP contribution in [0.25, 0.3) is 11.3 Å². The monoisotopic (exact) mass is 628 g/mol. The number of ether oxygens (including phenoxy) is 2. The summed E-state index contributed by atoms with van der Waals surface area (Å²) < 4.78 is 18.8. The Hall–Kier alpha value is -3.52. The van der Waals surface area contributed by atoms with E-state index in [4.69, 9.17) is 23.9 Å². The highest BCUT2D eigenvalue weighted by Gasteiger charge is 2.42. The zero-order valence-corrected chi connectivity index (χ0v) is 29.1. The van der Waals surface area contributed by atoms with E-state index in [1.165, 1.54) is 12.8 Å². The number of aromatic nitrogens is 3. The zero-order valence-electron chi connectivity index (χ0n) is 28.1. The highest BCUT2D eigenvalue weighted by atomic mass is 28.4. The fraction of sp³-hybridized carbons (Fsp3) is 0.543. The molecule has 9 nitrogen and oxygen atoms in total. The van der Waals surface area contributed by atoms with Crippen LogP contribution in [0.5, 0.6) is 5.88 Å². The smallest absolute Gasteiger partial charge is 0.238 e. The Morgan fingerprint density at radius 2 is 1.91 bits per heavy atom. The lowest BCUT2D eigenvalue weighted by Gasteiger charge is -2.39. The molecule has 0 unspecified atom stereocenters. The SMILES string of the molecule is CCOCc1cc(Nc2nccc(-c3cc(C#N)c4c(c3)[C@@](C)(CO[Si](C)(C)C(C)(C)C)CN4)n2)c(OC2CCCC2)nc1C. The van der Waals surface area contributed by atoms with Gasteiger partial charge in [-0.2, -0.15) is 5.26 Å². The van der Waals surface area contributed by atoms with Gasteiger partial charge in [0.1, 0.15) is 17.9 Å². The van der Waals surface area contributed by atoms with E-state index in [0.29, 0.717) is 49.4 Å². The summed E-state index contributed by atoms with van der Waals surface area (Å²) in [6.45, 7) is 19.9. The van der Waals surface area contributed by atoms with Crippen LogP contribution in [0.15, 0.2) is 30.5 Å². The number of rotatable bonds is 11. The molecular weight excluding hydrogens is 581 g/mol. The lowest BCUT2D eigenvalue weighted by atomic mass is 9.83. The van der Waals surface area contributed by atoms with Crippen LogP contribution in [-0.2, 0) is 21.2 Å². The molecule has 2 N–H and O–H groups in total. The molecule has 1 saturated carbocycles. The number of hydrogen-bond donors (Lipinski definition) is 2. The summed E-state index contributed by atoms with van der Waals surface area (Å²) in [5, 5.41) is 17.1. The first kappa shape index (κ1) is 32.9. The van der Waals surface area contributed by atoms with Crippen LogP contribution < -0.4 is 15.4 Å². The maximum absolute atomic E-state index is 10.1. The number of nitrogens with zero attached hydrogens (tertiary/aromatic N) is 4. The number of nitriles is 1. The summed E-state index contributed by atoms with van der Waals surface area (Å²) in [4.78, 5) is 14.3. The standard InChI is InChI=1S/C35H48N6O3Si/c1-9-42-20-26-18-30(32(39-23(26)2)44-27-12-10-11-13-27)41-33-37-15-14-29(40-33)24-16-25(19-36)31-28(17-24)35(6,21-38-31)22-43-45(7,8)34(3,4)5/h14-18,27,38H,9-13,20-22H2,1-8H3,(H,37,40,41)/t35-/m1/s1. The number of hydrogen-bond acceptors (Lipinski definition) is 9. The topological polar surface area (TPSA) is 114 Å². The number of nitrogens with one attached hydrogen (secondary N) is 2. The number of pyridine rings is 1. The molecule has 2 aromatic heterocycles. The first-order chi connectivity index (χ1) is 21.3. The van der Waals surface area contributed by atoms with Gasteiger partial charge in [-0.3, -0.25) is 0 Å². The van der Waals surface area contributed by atoms with E-state index in [-0.39, 0.29) is 16.6 Å². The molecule has 240 valence electrons. The van der Waals surface area contributed by atoms with Crippen molar-refractivity contribution < 1.29 is 13.9 Å². The quantitative estimate of drug-likeness (QED) is 0.204. The molecule has 1 aliphatic carbocycles. The summed E-state index contributed by atoms with van der Waals surface area (Å²) in [5.41, 5.74) is 6.45. The highest BCUT2D eigenvalue weighted by Crippen LogP contribution is 2.44. The van der Waals surface area contributed by atoms with Gasteiger partial charge in [0.05, 0.1) is 23.6 Å². The summed E-state index contributed by atoms with van der Waals surface area (Å²) in [5.74, 6) is 0.986. The Kier molecular flexibility index (Phi) is 9.54. The minimum Gasteiger partial charge on any atom is -0.473 e. The lowest BCUT2D eigenvalue weighted by Crippen LogP contribution is -2.45. The van der Waals surface area contributed by atoms with Crippen molar-refractivity contribution in [2.24, 2.45) is 0 Å². The van der Waals surface area contributed by atoms with Crippen LogP contribution in [0.2, 0.25) is 18.1 Å². The normalized spacial score (nSPS) is 18.4. The fourth-order valence-electron chi connectivity index (χ4n) is 5.63. The second-order valence-corrected chi connectivity index (χ2v) is 19.0. The molecule has 0 amide bonds. The van der Waals surface area contributed by atoms with Gasteiger partial charge < -0.3 is 24.5 Å². The van der Waals surface area contributed by atoms with Gasteiger partial charge in [0, 0.05) is 48.2 Å². The molecule has 3 heterocycles. The Bertz CT molecular complexity index is 1570. The van der Waals surface area contributed by atoms with E-state index in [1.807, 2.05) is 32.0 Å². The Balaban J connectivity index is 1.46. The van der Waals surface area contributed by atoms with E-state index >= 15 is 0 Å². The molecule has 1 aromatic carbocycles. The van der Waals surface area contributed by atoms with Crippen molar-refractivity contribution in [3.05, 3.63) is 52.8 Å². The van der Waals surface area contributed by atoms with Crippen molar-refractivity contribution in [3.8, 4) is 23.2 Å². The fourth-order valence-corrected chi connectivity index (χ4v) is 6.75. The molecule has 1 fully saturated rings. The first-order valence-corrected chi connectivity index (χ1v) is 19.1. The molecule has 0 spiro atoms. The van der Waals surface area contributed by atoms with E-state index in [1.54, 1.807) is 6.20 Å². The van der Waals surface area contributed by atoms with E-state index < -0.39 is 8.32 Å². The van der Waals surface area contributed by atoms with Crippen LogP contribution in [0.3, 0.4) is 0 Å². The van der Waals surface area contributed by atoms with Gasteiger partial charge in [0.15, 0.2) is 8.32 Å². The van der Waals surface area contributed by atoms with Crippen molar-refractivity contribution in [1.29, 1.82) is 5.26 Å². The number of anilines is 3. The average Bonchev–Trinajstić information content (AvgIpc) is 3.64. The third-order valence-corrected chi connectivity index (χ3v) is 14.1. The zero-order chi connectivity index (χ0) is 32.4. The molecule has 1 aliphatic heterocycles. The molecule has 0 saturated heterocycles. The maximum Gasteiger partial charge on any atom is 0.238 e. The van der Waals surface area contributed by atoms with Crippen LogP contribution in [0.1, 0.15) is 82.7 Å². The maximum atomic E-state index is 10.1. The van der Waals surface area contributed by atoms with Gasteiger partial charge in [0.25, 0.3) is 0 Å². The van der Waals surface area contributed by atoms with Crippen molar-refractivity contribution in [3.63, 3.8) is 0 Å². The number of fused-ring (bicyclic) bond motifs is 1. The van der Waals surface area contributed by atoms with Crippen molar-refractivity contribution in [2.45, 2.75) is 103 Å². The van der Waals surface area contributed by atoms with Crippen LogP contribution >= 0.6 is 0 Å². The minimum atomic E-state index is -1.96. The molecule has 0 bridgehead atoms. The van der Waals surface area contributed by atoms with E-state index in [9.17, 15) is 5.26 Å². The molecule has 10 heteroatoms.